The van der Waals surface area contributed by atoms with Gasteiger partial charge in [0.15, 0.2) is 0 Å². The second-order valence-electron chi connectivity index (χ2n) is 6.81. The molecule has 0 bridgehead atoms. The molecule has 6 nitrogen and oxygen atoms in total. The van der Waals surface area contributed by atoms with Crippen molar-refractivity contribution in [1.29, 1.82) is 0 Å². The predicted octanol–water partition coefficient (Wildman–Crippen LogP) is 2.21. The van der Waals surface area contributed by atoms with Crippen molar-refractivity contribution in [3.63, 3.8) is 0 Å². The molecule has 9 heteroatoms. The molecular weight excluding hydrogens is 399 g/mol. The van der Waals surface area contributed by atoms with Crippen molar-refractivity contribution < 1.29 is 27.6 Å². The maximum Gasteiger partial charge on any atom is 0.256 e. The van der Waals surface area contributed by atoms with E-state index in [4.69, 9.17) is 0 Å². The number of halogens is 3. The Labute approximate surface area is 171 Å². The van der Waals surface area contributed by atoms with Crippen molar-refractivity contribution in [2.24, 2.45) is 0 Å². The summed E-state index contributed by atoms with van der Waals surface area (Å²) in [5.41, 5.74) is -0.382. The van der Waals surface area contributed by atoms with Crippen LogP contribution in [0.5, 0.6) is 0 Å². The van der Waals surface area contributed by atoms with Crippen LogP contribution in [-0.2, 0) is 4.79 Å². The van der Waals surface area contributed by atoms with E-state index in [1.165, 1.54) is 28.0 Å². The number of amides is 3. The lowest BCUT2D eigenvalue weighted by Gasteiger charge is -2.22. The van der Waals surface area contributed by atoms with E-state index in [0.29, 0.717) is 25.6 Å². The summed E-state index contributed by atoms with van der Waals surface area (Å²) in [5.74, 6) is -4.09. The number of nitrogens with zero attached hydrogens (tertiary/aromatic N) is 2. The van der Waals surface area contributed by atoms with Crippen LogP contribution in [0.25, 0.3) is 0 Å². The van der Waals surface area contributed by atoms with Crippen molar-refractivity contribution in [2.75, 3.05) is 32.7 Å². The maximum absolute atomic E-state index is 13.9. The maximum atomic E-state index is 13.9. The summed E-state index contributed by atoms with van der Waals surface area (Å²) in [5, 5.41) is 2.32. The monoisotopic (exact) mass is 419 g/mol. The Kier molecular flexibility index (Phi) is 6.71. The molecular formula is C21H20F3N3O3. The fourth-order valence-electron chi connectivity index (χ4n) is 3.21. The molecule has 0 spiro atoms. The molecule has 1 N–H and O–H groups in total. The number of carbonyl (C=O) groups excluding carboxylic acids is 3. The van der Waals surface area contributed by atoms with Crippen LogP contribution in [0.3, 0.4) is 0 Å². The molecule has 0 unspecified atom stereocenters. The van der Waals surface area contributed by atoms with Crippen molar-refractivity contribution >= 4 is 17.7 Å². The Morgan fingerprint density at radius 2 is 1.53 bits per heavy atom. The van der Waals surface area contributed by atoms with E-state index >= 15 is 0 Å². The van der Waals surface area contributed by atoms with E-state index in [1.807, 2.05) is 0 Å². The lowest BCUT2D eigenvalue weighted by atomic mass is 10.2. The summed E-state index contributed by atoms with van der Waals surface area (Å²) in [7, 11) is 0. The molecule has 0 radical (unpaired) electrons. The standard InChI is InChI=1S/C21H20F3N3O3/c22-14-6-7-15(18(24)12-14)20(29)25-13-19(28)26-8-3-9-27(11-10-26)21(30)16-4-1-2-5-17(16)23/h1-2,4-7,12H,3,8-11,13H2,(H,25,29). The van der Waals surface area contributed by atoms with Gasteiger partial charge in [-0.2, -0.15) is 0 Å². The van der Waals surface area contributed by atoms with Gasteiger partial charge in [-0.3, -0.25) is 14.4 Å². The number of benzene rings is 2. The van der Waals surface area contributed by atoms with Gasteiger partial charge < -0.3 is 15.1 Å². The van der Waals surface area contributed by atoms with Crippen LogP contribution in [0, 0.1) is 17.5 Å². The van der Waals surface area contributed by atoms with Gasteiger partial charge in [-0.05, 0) is 30.7 Å². The Hall–Kier alpha value is -3.36. The summed E-state index contributed by atoms with van der Waals surface area (Å²) in [6, 6.07) is 8.26. The Morgan fingerprint density at radius 3 is 2.27 bits per heavy atom. The first kappa shape index (κ1) is 21.4. The van der Waals surface area contributed by atoms with Crippen LogP contribution in [0.4, 0.5) is 13.2 Å². The van der Waals surface area contributed by atoms with Gasteiger partial charge in [0.05, 0.1) is 17.7 Å². The second kappa shape index (κ2) is 9.43. The lowest BCUT2D eigenvalue weighted by molar-refractivity contribution is -0.130. The van der Waals surface area contributed by atoms with Crippen LogP contribution in [-0.4, -0.2) is 60.2 Å². The van der Waals surface area contributed by atoms with Crippen molar-refractivity contribution in [1.82, 2.24) is 15.1 Å². The van der Waals surface area contributed by atoms with Gasteiger partial charge in [0, 0.05) is 32.2 Å². The smallest absolute Gasteiger partial charge is 0.256 e. The van der Waals surface area contributed by atoms with Crippen LogP contribution in [0.2, 0.25) is 0 Å². The average molecular weight is 419 g/mol. The summed E-state index contributed by atoms with van der Waals surface area (Å²) < 4.78 is 40.5. The normalized spacial score (nSPS) is 14.2. The van der Waals surface area contributed by atoms with E-state index in [-0.39, 0.29) is 30.8 Å². The largest absolute Gasteiger partial charge is 0.343 e. The van der Waals surface area contributed by atoms with E-state index < -0.39 is 35.2 Å². The number of carbonyl (C=O) groups is 3. The molecule has 0 atom stereocenters. The summed E-state index contributed by atoms with van der Waals surface area (Å²) in [6.07, 6.45) is 0.493. The lowest BCUT2D eigenvalue weighted by Crippen LogP contribution is -2.42. The Bertz CT molecular complexity index is 968. The minimum absolute atomic E-state index is 0.0223. The quantitative estimate of drug-likeness (QED) is 0.826. The topological polar surface area (TPSA) is 69.7 Å². The van der Waals surface area contributed by atoms with E-state index in [9.17, 15) is 27.6 Å². The molecule has 3 rings (SSSR count). The summed E-state index contributed by atoms with van der Waals surface area (Å²) in [4.78, 5) is 40.0. The van der Waals surface area contributed by atoms with Gasteiger partial charge >= 0.3 is 0 Å². The second-order valence-corrected chi connectivity index (χ2v) is 6.81. The van der Waals surface area contributed by atoms with Gasteiger partial charge in [0.25, 0.3) is 11.8 Å². The summed E-state index contributed by atoms with van der Waals surface area (Å²) in [6.45, 7) is 0.806. The molecule has 30 heavy (non-hydrogen) atoms. The highest BCUT2D eigenvalue weighted by atomic mass is 19.1. The first-order valence-electron chi connectivity index (χ1n) is 9.41. The van der Waals surface area contributed by atoms with Gasteiger partial charge in [0.1, 0.15) is 17.5 Å². The third kappa shape index (κ3) is 4.97. The van der Waals surface area contributed by atoms with Gasteiger partial charge in [0.2, 0.25) is 5.91 Å². The fourth-order valence-corrected chi connectivity index (χ4v) is 3.21. The molecule has 2 aromatic rings. The number of hydrogen-bond donors (Lipinski definition) is 1. The van der Waals surface area contributed by atoms with Gasteiger partial charge in [-0.25, -0.2) is 13.2 Å². The molecule has 0 aromatic heterocycles. The number of nitrogens with one attached hydrogen (secondary N) is 1. The van der Waals surface area contributed by atoms with E-state index in [2.05, 4.69) is 5.32 Å². The van der Waals surface area contributed by atoms with E-state index in [0.717, 1.165) is 12.1 Å². The molecule has 2 aromatic carbocycles. The zero-order valence-electron chi connectivity index (χ0n) is 16.0. The first-order valence-corrected chi connectivity index (χ1v) is 9.41. The van der Waals surface area contributed by atoms with E-state index in [1.54, 1.807) is 6.07 Å². The van der Waals surface area contributed by atoms with Gasteiger partial charge in [-0.15, -0.1) is 0 Å². The Balaban J connectivity index is 1.55. The minimum Gasteiger partial charge on any atom is -0.343 e. The van der Waals surface area contributed by atoms with Crippen LogP contribution in [0.1, 0.15) is 27.1 Å². The third-order valence-electron chi connectivity index (χ3n) is 4.82. The number of rotatable bonds is 4. The highest BCUT2D eigenvalue weighted by molar-refractivity contribution is 5.97. The molecule has 1 aliphatic heterocycles. The van der Waals surface area contributed by atoms with Crippen LogP contribution in [0.15, 0.2) is 42.5 Å². The molecule has 158 valence electrons. The van der Waals surface area contributed by atoms with Crippen molar-refractivity contribution in [2.45, 2.75) is 6.42 Å². The fraction of sp³-hybridized carbons (Fsp3) is 0.286. The minimum atomic E-state index is -1.02. The summed E-state index contributed by atoms with van der Waals surface area (Å²) >= 11 is 0. The molecule has 1 aliphatic rings. The van der Waals surface area contributed by atoms with Crippen LogP contribution < -0.4 is 5.32 Å². The van der Waals surface area contributed by atoms with Crippen molar-refractivity contribution in [3.8, 4) is 0 Å². The highest BCUT2D eigenvalue weighted by Crippen LogP contribution is 2.13. The molecule has 1 fully saturated rings. The molecule has 1 heterocycles. The highest BCUT2D eigenvalue weighted by Gasteiger charge is 2.24. The van der Waals surface area contributed by atoms with Gasteiger partial charge in [-0.1, -0.05) is 12.1 Å². The molecule has 1 saturated heterocycles. The SMILES string of the molecule is O=C(NCC(=O)N1CCCN(C(=O)c2ccccc2F)CC1)c1ccc(F)cc1F. The zero-order chi connectivity index (χ0) is 21.7. The Morgan fingerprint density at radius 1 is 0.833 bits per heavy atom. The average Bonchev–Trinajstić information content (AvgIpc) is 2.98. The van der Waals surface area contributed by atoms with Crippen LogP contribution >= 0.6 is 0 Å². The molecule has 0 saturated carbocycles. The van der Waals surface area contributed by atoms with Crippen molar-refractivity contribution in [3.05, 3.63) is 71.0 Å². The third-order valence-corrected chi connectivity index (χ3v) is 4.82. The first-order chi connectivity index (χ1) is 14.4. The molecule has 0 aliphatic carbocycles. The molecule has 3 amide bonds. The number of hydrogen-bond acceptors (Lipinski definition) is 3. The zero-order valence-corrected chi connectivity index (χ0v) is 16.0. The predicted molar refractivity (Wildman–Crippen MR) is 102 cm³/mol.